The van der Waals surface area contributed by atoms with Crippen LogP contribution < -0.4 is 10.4 Å². The van der Waals surface area contributed by atoms with Crippen molar-refractivity contribution in [2.75, 3.05) is 25.1 Å². The van der Waals surface area contributed by atoms with Gasteiger partial charge in [0.1, 0.15) is 18.8 Å². The van der Waals surface area contributed by atoms with Crippen molar-refractivity contribution in [3.05, 3.63) is 49.6 Å². The van der Waals surface area contributed by atoms with Crippen LogP contribution in [0.25, 0.3) is 0 Å². The van der Waals surface area contributed by atoms with E-state index >= 15 is 0 Å². The molecular weight excluding hydrogens is 487 g/mol. The molecule has 1 fully saturated rings. The SMILES string of the molecule is CC.CC1C(C(=O)N[N+]2(C)CCCCC2)=NN(c2ccc(Cl)cc2Cl)C1c1ccc(Cl)s1. The number of hydrogen-bond donors (Lipinski definition) is 1. The number of nitrogens with zero attached hydrogens (tertiary/aromatic N) is 3. The maximum Gasteiger partial charge on any atom is 0.312 e. The molecule has 5 nitrogen and oxygen atoms in total. The number of carbonyl (C=O) groups excluding carboxylic acids is 1. The highest BCUT2D eigenvalue weighted by Gasteiger charge is 2.42. The van der Waals surface area contributed by atoms with Crippen LogP contribution in [0.5, 0.6) is 0 Å². The number of benzene rings is 1. The van der Waals surface area contributed by atoms with E-state index in [0.29, 0.717) is 30.4 Å². The van der Waals surface area contributed by atoms with Gasteiger partial charge < -0.3 is 0 Å². The predicted octanol–water partition coefficient (Wildman–Crippen LogP) is 6.95. The van der Waals surface area contributed by atoms with Gasteiger partial charge in [-0.05, 0) is 49.6 Å². The van der Waals surface area contributed by atoms with E-state index < -0.39 is 0 Å². The first-order valence-corrected chi connectivity index (χ1v) is 13.0. The van der Waals surface area contributed by atoms with Crippen molar-refractivity contribution >= 4 is 63.4 Å². The molecule has 0 radical (unpaired) electrons. The average Bonchev–Trinajstić information content (AvgIpc) is 3.32. The summed E-state index contributed by atoms with van der Waals surface area (Å²) in [6.07, 6.45) is 3.44. The van der Waals surface area contributed by atoms with Gasteiger partial charge in [0.25, 0.3) is 0 Å². The van der Waals surface area contributed by atoms with Crippen molar-refractivity contribution in [1.29, 1.82) is 0 Å². The lowest BCUT2D eigenvalue weighted by Crippen LogP contribution is -2.61. The summed E-state index contributed by atoms with van der Waals surface area (Å²) in [6, 6.07) is 8.98. The second-order valence-electron chi connectivity index (χ2n) is 8.15. The Hall–Kier alpha value is -1.31. The molecule has 2 atom stereocenters. The van der Waals surface area contributed by atoms with Gasteiger partial charge in [0.15, 0.2) is 0 Å². The van der Waals surface area contributed by atoms with Crippen LogP contribution in [-0.4, -0.2) is 36.3 Å². The van der Waals surface area contributed by atoms with Gasteiger partial charge in [0, 0.05) is 15.8 Å². The molecule has 3 heterocycles. The third-order valence-corrected chi connectivity index (χ3v) is 7.67. The summed E-state index contributed by atoms with van der Waals surface area (Å²) >= 11 is 20.3. The molecule has 2 aromatic rings. The number of nitrogens with one attached hydrogen (secondary N) is 1. The standard InChI is InChI=1S/C21H23Cl3N4OS.C2H6/c1-13-19(21(29)26-28(2)10-4-3-5-11-28)25-27(16-7-6-14(22)12-15(16)23)20(13)17-8-9-18(24)30-17;1-2/h6-9,12-13,20H,3-5,10-11H2,1-2H3;1-2H3/p+1. The van der Waals surface area contributed by atoms with Gasteiger partial charge in [-0.1, -0.05) is 55.6 Å². The van der Waals surface area contributed by atoms with Crippen LogP contribution >= 0.6 is 46.1 Å². The van der Waals surface area contributed by atoms with E-state index in [2.05, 4.69) is 12.5 Å². The van der Waals surface area contributed by atoms with Gasteiger partial charge in [-0.25, -0.2) is 4.59 Å². The number of rotatable bonds is 4. The van der Waals surface area contributed by atoms with E-state index in [1.165, 1.54) is 17.8 Å². The highest BCUT2D eigenvalue weighted by Crippen LogP contribution is 2.44. The summed E-state index contributed by atoms with van der Waals surface area (Å²) < 4.78 is 1.24. The molecule has 0 saturated carbocycles. The van der Waals surface area contributed by atoms with Gasteiger partial charge in [0.2, 0.25) is 0 Å². The molecule has 1 amide bonds. The Labute approximate surface area is 209 Å². The molecule has 0 aliphatic carbocycles. The molecule has 1 saturated heterocycles. The first-order chi connectivity index (χ1) is 15.3. The maximum absolute atomic E-state index is 13.3. The van der Waals surface area contributed by atoms with Gasteiger partial charge in [-0.2, -0.15) is 10.5 Å². The summed E-state index contributed by atoms with van der Waals surface area (Å²) in [6.45, 7) is 7.89. The Balaban J connectivity index is 0.00000141. The van der Waals surface area contributed by atoms with Crippen molar-refractivity contribution in [2.24, 2.45) is 11.0 Å². The maximum atomic E-state index is 13.3. The fourth-order valence-corrected chi connectivity index (χ4v) is 5.98. The summed E-state index contributed by atoms with van der Waals surface area (Å²) in [4.78, 5) is 14.3. The Morgan fingerprint density at radius 1 is 1.12 bits per heavy atom. The molecule has 1 aromatic heterocycles. The fourth-order valence-electron chi connectivity index (χ4n) is 4.23. The van der Waals surface area contributed by atoms with Crippen molar-refractivity contribution in [1.82, 2.24) is 5.43 Å². The van der Waals surface area contributed by atoms with Gasteiger partial charge in [0.05, 0.1) is 28.1 Å². The largest absolute Gasteiger partial charge is 0.312 e. The smallest absolute Gasteiger partial charge is 0.263 e. The van der Waals surface area contributed by atoms with Crippen molar-refractivity contribution in [3.8, 4) is 0 Å². The topological polar surface area (TPSA) is 44.7 Å². The molecule has 0 bridgehead atoms. The molecular formula is C23H30Cl3N4OS+. The highest BCUT2D eigenvalue weighted by molar-refractivity contribution is 7.16. The zero-order valence-corrected chi connectivity index (χ0v) is 22.0. The molecule has 2 aliphatic heterocycles. The monoisotopic (exact) mass is 515 g/mol. The number of hydrogen-bond acceptors (Lipinski definition) is 4. The number of hydrazone groups is 1. The summed E-state index contributed by atoms with van der Waals surface area (Å²) in [5, 5.41) is 7.63. The van der Waals surface area contributed by atoms with E-state index in [4.69, 9.17) is 39.9 Å². The minimum atomic E-state index is -0.173. The van der Waals surface area contributed by atoms with E-state index in [-0.39, 0.29) is 17.9 Å². The molecule has 174 valence electrons. The molecule has 2 unspecified atom stereocenters. The molecule has 32 heavy (non-hydrogen) atoms. The molecule has 2 aliphatic rings. The van der Waals surface area contributed by atoms with Crippen LogP contribution in [-0.2, 0) is 4.79 Å². The summed E-state index contributed by atoms with van der Waals surface area (Å²) in [7, 11) is 2.07. The number of amides is 1. The molecule has 1 N–H and O–H groups in total. The summed E-state index contributed by atoms with van der Waals surface area (Å²) in [5.41, 5.74) is 4.42. The average molecular weight is 517 g/mol. The van der Waals surface area contributed by atoms with E-state index in [1.807, 2.05) is 44.0 Å². The minimum Gasteiger partial charge on any atom is -0.263 e. The molecule has 0 spiro atoms. The molecule has 4 rings (SSSR count). The van der Waals surface area contributed by atoms with E-state index in [9.17, 15) is 4.79 Å². The van der Waals surface area contributed by atoms with Crippen LogP contribution in [0.2, 0.25) is 14.4 Å². The number of carbonyl (C=O) groups is 1. The molecule has 1 aromatic carbocycles. The quantitative estimate of drug-likeness (QED) is 0.447. The fraction of sp³-hybridized carbons (Fsp3) is 0.478. The lowest BCUT2D eigenvalue weighted by molar-refractivity contribution is -0.947. The highest BCUT2D eigenvalue weighted by atomic mass is 35.5. The van der Waals surface area contributed by atoms with Crippen molar-refractivity contribution < 1.29 is 9.39 Å². The lowest BCUT2D eigenvalue weighted by Gasteiger charge is -2.36. The first kappa shape index (κ1) is 25.3. The number of likely N-dealkylation sites (tertiary alicyclic amines) is 1. The summed E-state index contributed by atoms with van der Waals surface area (Å²) in [5.74, 6) is -0.269. The second-order valence-corrected chi connectivity index (χ2v) is 10.7. The van der Waals surface area contributed by atoms with Crippen molar-refractivity contribution in [3.63, 3.8) is 0 Å². The third kappa shape index (κ3) is 5.42. The van der Waals surface area contributed by atoms with Crippen LogP contribution in [0.15, 0.2) is 35.4 Å². The Morgan fingerprint density at radius 3 is 2.41 bits per heavy atom. The van der Waals surface area contributed by atoms with Gasteiger partial charge in [-0.3, -0.25) is 9.80 Å². The Morgan fingerprint density at radius 2 is 1.81 bits per heavy atom. The third-order valence-electron chi connectivity index (χ3n) is 5.83. The first-order valence-electron chi connectivity index (χ1n) is 11.0. The number of anilines is 1. The number of quaternary nitrogens is 1. The lowest BCUT2D eigenvalue weighted by atomic mass is 9.95. The van der Waals surface area contributed by atoms with Crippen LogP contribution in [0.4, 0.5) is 5.69 Å². The predicted molar refractivity (Wildman–Crippen MR) is 137 cm³/mol. The Kier molecular flexibility index (Phi) is 8.50. The van der Waals surface area contributed by atoms with Gasteiger partial charge in [-0.15, -0.1) is 11.3 Å². The van der Waals surface area contributed by atoms with Crippen LogP contribution in [0.1, 0.15) is 51.0 Å². The normalized spacial score (nSPS) is 22.1. The van der Waals surface area contributed by atoms with Crippen LogP contribution in [0, 0.1) is 5.92 Å². The van der Waals surface area contributed by atoms with Crippen molar-refractivity contribution in [2.45, 2.75) is 46.1 Å². The number of piperidine rings is 1. The van der Waals surface area contributed by atoms with Crippen LogP contribution in [0.3, 0.4) is 0 Å². The second kappa shape index (κ2) is 10.7. The van der Waals surface area contributed by atoms with Gasteiger partial charge >= 0.3 is 5.91 Å². The minimum absolute atomic E-state index is 0.132. The zero-order valence-electron chi connectivity index (χ0n) is 18.9. The number of thiophene rings is 1. The van der Waals surface area contributed by atoms with E-state index in [1.54, 1.807) is 12.1 Å². The molecule has 9 heteroatoms. The number of halogens is 3. The Bertz CT molecular complexity index is 987. The van der Waals surface area contributed by atoms with E-state index in [0.717, 1.165) is 30.8 Å². The zero-order chi connectivity index (χ0) is 23.5.